The quantitative estimate of drug-likeness (QED) is 0.0357. The molecule has 0 spiro atoms. The Morgan fingerprint density at radius 2 is 1.48 bits per heavy atom. The number of carbonyl (C=O) groups excluding carboxylic acids is 6. The van der Waals surface area contributed by atoms with Gasteiger partial charge >= 0.3 is 6.18 Å². The van der Waals surface area contributed by atoms with Crippen molar-refractivity contribution in [1.29, 1.82) is 0 Å². The number of aryl methyl sites for hydroxylation is 2. The van der Waals surface area contributed by atoms with Crippen molar-refractivity contribution < 1.29 is 47.0 Å². The number of nitrogens with one attached hydrogen (secondary N) is 6. The number of H-pyrrole nitrogens is 1. The summed E-state index contributed by atoms with van der Waals surface area (Å²) < 4.78 is 41.4. The molecule has 22 heteroatoms. The molecule has 4 aromatic carbocycles. The molecule has 1 aliphatic heterocycles. The number of unbranched alkanes of at least 4 members (excludes halogenated alkanes) is 3. The number of thiazole rings is 1. The fourth-order valence-electron chi connectivity index (χ4n) is 9.29. The number of fused-ring (bicyclic) bond motifs is 1. The van der Waals surface area contributed by atoms with Crippen molar-refractivity contribution in [2.24, 2.45) is 5.41 Å². The topological polar surface area (TPSA) is 245 Å². The maximum atomic E-state index is 14.0. The molecule has 1 aliphatic rings. The molecular formula is C57H62F3N11O7S. The van der Waals surface area contributed by atoms with Gasteiger partial charge in [0.15, 0.2) is 5.82 Å². The van der Waals surface area contributed by atoms with Crippen LogP contribution >= 0.6 is 11.3 Å². The summed E-state index contributed by atoms with van der Waals surface area (Å²) in [4.78, 5) is 86.2. The summed E-state index contributed by atoms with van der Waals surface area (Å²) in [6.45, 7) is 8.79. The predicted molar refractivity (Wildman–Crippen MR) is 294 cm³/mol. The fraction of sp³-hybridized carbons (Fsp3) is 0.351. The van der Waals surface area contributed by atoms with Crippen molar-refractivity contribution in [1.82, 2.24) is 40.5 Å². The highest BCUT2D eigenvalue weighted by Gasteiger charge is 2.44. The number of aromatic nitrogens is 5. The fourth-order valence-corrected chi connectivity index (χ4v) is 10.1. The lowest BCUT2D eigenvalue weighted by atomic mass is 9.85. The Morgan fingerprint density at radius 3 is 2.16 bits per heavy atom. The summed E-state index contributed by atoms with van der Waals surface area (Å²) >= 11 is 1.56. The third-order valence-corrected chi connectivity index (χ3v) is 14.6. The first-order valence-electron chi connectivity index (χ1n) is 25.8. The number of nitrogens with zero attached hydrogens (tertiary/aromatic N) is 5. The Morgan fingerprint density at radius 1 is 0.797 bits per heavy atom. The number of carbonyl (C=O) groups is 6. The van der Waals surface area contributed by atoms with Crippen LogP contribution in [0.15, 0.2) is 103 Å². The van der Waals surface area contributed by atoms with Gasteiger partial charge in [0.1, 0.15) is 18.6 Å². The van der Waals surface area contributed by atoms with E-state index in [9.17, 15) is 47.0 Å². The van der Waals surface area contributed by atoms with E-state index in [1.807, 2.05) is 52.0 Å². The number of aliphatic hydroxyl groups is 1. The van der Waals surface area contributed by atoms with Crippen LogP contribution in [0.4, 0.5) is 30.4 Å². The van der Waals surface area contributed by atoms with Gasteiger partial charge in [-0.1, -0.05) is 70.0 Å². The van der Waals surface area contributed by atoms with E-state index < -0.39 is 53.1 Å². The van der Waals surface area contributed by atoms with E-state index in [1.54, 1.807) is 71.7 Å². The predicted octanol–water partition coefficient (Wildman–Crippen LogP) is 9.16. The number of aromatic amines is 1. The zero-order valence-electron chi connectivity index (χ0n) is 44.3. The van der Waals surface area contributed by atoms with Gasteiger partial charge < -0.3 is 36.6 Å². The van der Waals surface area contributed by atoms with Crippen molar-refractivity contribution in [3.8, 4) is 21.6 Å². The molecule has 0 bridgehead atoms. The van der Waals surface area contributed by atoms with Crippen molar-refractivity contribution >= 4 is 74.9 Å². The van der Waals surface area contributed by atoms with Gasteiger partial charge in [0.2, 0.25) is 29.5 Å². The summed E-state index contributed by atoms with van der Waals surface area (Å²) in [7, 11) is 0. The van der Waals surface area contributed by atoms with E-state index in [0.29, 0.717) is 59.2 Å². The minimum atomic E-state index is -4.55. The largest absolute Gasteiger partial charge is 0.416 e. The maximum absolute atomic E-state index is 14.0. The van der Waals surface area contributed by atoms with Crippen molar-refractivity contribution in [3.63, 3.8) is 0 Å². The van der Waals surface area contributed by atoms with E-state index >= 15 is 0 Å². The second-order valence-corrected chi connectivity index (χ2v) is 21.6. The molecule has 0 unspecified atom stereocenters. The molecule has 1 saturated heterocycles. The Kier molecular flexibility index (Phi) is 17.7. The van der Waals surface area contributed by atoms with Crippen LogP contribution in [0.1, 0.15) is 98.5 Å². The monoisotopic (exact) mass is 1100 g/mol. The molecule has 4 heterocycles. The second kappa shape index (κ2) is 24.6. The van der Waals surface area contributed by atoms with E-state index in [-0.39, 0.29) is 67.9 Å². The minimum Gasteiger partial charge on any atom is -0.391 e. The van der Waals surface area contributed by atoms with Gasteiger partial charge in [0.05, 0.1) is 39.5 Å². The summed E-state index contributed by atoms with van der Waals surface area (Å²) in [5.41, 5.74) is 6.04. The first-order valence-corrected chi connectivity index (χ1v) is 26.7. The lowest BCUT2D eigenvalue weighted by Gasteiger charge is -2.35. The molecule has 79 heavy (non-hydrogen) atoms. The smallest absolute Gasteiger partial charge is 0.391 e. The van der Waals surface area contributed by atoms with Crippen LogP contribution in [0.2, 0.25) is 0 Å². The molecule has 414 valence electrons. The zero-order valence-corrected chi connectivity index (χ0v) is 45.1. The molecule has 0 aliphatic carbocycles. The Bertz CT molecular complexity index is 3350. The molecule has 3 aromatic heterocycles. The lowest BCUT2D eigenvalue weighted by Crippen LogP contribution is -2.57. The summed E-state index contributed by atoms with van der Waals surface area (Å²) in [5, 5.41) is 36.6. The summed E-state index contributed by atoms with van der Waals surface area (Å²) in [6, 6.07) is 21.4. The third-order valence-electron chi connectivity index (χ3n) is 13.6. The van der Waals surface area contributed by atoms with Gasteiger partial charge in [-0.25, -0.2) is 4.98 Å². The highest BCUT2D eigenvalue weighted by molar-refractivity contribution is 7.13. The highest BCUT2D eigenvalue weighted by Crippen LogP contribution is 2.34. The molecule has 7 aromatic rings. The Hall–Kier alpha value is -8.24. The van der Waals surface area contributed by atoms with E-state index in [0.717, 1.165) is 33.3 Å². The van der Waals surface area contributed by atoms with Gasteiger partial charge in [0, 0.05) is 66.4 Å². The number of β-amino-alcohol motifs (C(OH)–C–C–N with tert-alkyl or cyclic N) is 1. The van der Waals surface area contributed by atoms with Crippen LogP contribution < -0.4 is 26.6 Å². The zero-order chi connectivity index (χ0) is 56.6. The first-order chi connectivity index (χ1) is 37.6. The molecule has 6 amide bonds. The Labute approximate surface area is 458 Å². The van der Waals surface area contributed by atoms with Crippen LogP contribution in [0.3, 0.4) is 0 Å². The SMILES string of the molecule is Cc1ccc(NC(=O)Cn2cc(-c3ccc4c(NC(=O)c5ccc(NC(=O)CCCCCCC(=O)N[C@H](C(=O)N6C[C@H](O)C[C@H]6C(=O)NCc6ccc(-c7scnc7C)cc6)C(C)(C)C)cc5)n[nH]c4c3)cn2)cc1C(F)(F)F. The number of halogens is 3. The number of amides is 6. The van der Waals surface area contributed by atoms with Gasteiger partial charge in [-0.3, -0.25) is 38.5 Å². The lowest BCUT2D eigenvalue weighted by molar-refractivity contribution is -0.144. The minimum absolute atomic E-state index is 0.0200. The molecule has 0 radical (unpaired) electrons. The standard InChI is InChI=1S/C57H62F3N11O7S/c1-33-12-20-41(25-44(33)57(58,59)60)65-49(75)31-70-29-39(28-63-70)38-19-23-43-45(24-38)68-69-52(43)67-53(76)37-17-21-40(22-18-37)64-47(73)10-8-6-7-9-11-48(74)66-51(56(3,4)5)55(78)71-30-42(72)26-46(71)54(77)61-27-35-13-15-36(16-14-35)50-34(2)62-32-79-50/h12-25,28-29,32,42,46,51,72H,6-11,26-27,30-31H2,1-5H3,(H,61,77)(H,64,73)(H,65,75)(H,66,74)(H2,67,68,69,76)/t42-,46+,51-/m1/s1. The molecule has 1 fully saturated rings. The van der Waals surface area contributed by atoms with E-state index in [1.165, 1.54) is 28.6 Å². The van der Waals surface area contributed by atoms with Gasteiger partial charge in [-0.2, -0.15) is 23.4 Å². The molecule has 0 saturated carbocycles. The number of rotatable bonds is 20. The average molecular weight is 1100 g/mol. The third kappa shape index (κ3) is 14.7. The summed E-state index contributed by atoms with van der Waals surface area (Å²) in [5.74, 6) is -2.02. The first kappa shape index (κ1) is 56.9. The number of anilines is 3. The molecule has 18 nitrogen and oxygen atoms in total. The summed E-state index contributed by atoms with van der Waals surface area (Å²) in [6.07, 6.45) is 0.693. The molecule has 8 rings (SSSR count). The van der Waals surface area contributed by atoms with Crippen LogP contribution in [0.25, 0.3) is 32.5 Å². The van der Waals surface area contributed by atoms with E-state index in [2.05, 4.69) is 46.9 Å². The second-order valence-electron chi connectivity index (χ2n) is 20.8. The normalized spacial score (nSPS) is 14.9. The number of benzene rings is 4. The van der Waals surface area contributed by atoms with Gasteiger partial charge in [0.25, 0.3) is 5.91 Å². The van der Waals surface area contributed by atoms with Crippen LogP contribution in [0.5, 0.6) is 0 Å². The van der Waals surface area contributed by atoms with Crippen LogP contribution in [0, 0.1) is 19.3 Å². The number of likely N-dealkylation sites (tertiary alicyclic amines) is 1. The van der Waals surface area contributed by atoms with Crippen molar-refractivity contribution in [3.05, 3.63) is 131 Å². The van der Waals surface area contributed by atoms with Crippen LogP contribution in [-0.4, -0.2) is 95.1 Å². The Balaban J connectivity index is 0.733. The molecular weight excluding hydrogens is 1040 g/mol. The van der Waals surface area contributed by atoms with Crippen LogP contribution in [-0.2, 0) is 43.2 Å². The highest BCUT2D eigenvalue weighted by atomic mass is 32.1. The maximum Gasteiger partial charge on any atom is 0.416 e. The number of hydrogen-bond acceptors (Lipinski definition) is 11. The number of alkyl halides is 3. The molecule has 3 atom stereocenters. The van der Waals surface area contributed by atoms with Gasteiger partial charge in [-0.15, -0.1) is 11.3 Å². The van der Waals surface area contributed by atoms with E-state index in [4.69, 9.17) is 0 Å². The average Bonchev–Trinajstić information content (AvgIpc) is 4.28. The van der Waals surface area contributed by atoms with Crippen molar-refractivity contribution in [2.75, 3.05) is 22.5 Å². The molecule has 7 N–H and O–H groups in total. The van der Waals surface area contributed by atoms with Crippen molar-refractivity contribution in [2.45, 2.75) is 117 Å². The van der Waals surface area contributed by atoms with Gasteiger partial charge in [-0.05, 0) is 103 Å². The number of hydrogen-bond donors (Lipinski definition) is 7. The number of aliphatic hydroxyl groups excluding tert-OH is 1.